The number of amides is 1. The summed E-state index contributed by atoms with van der Waals surface area (Å²) < 4.78 is 5.84. The van der Waals surface area contributed by atoms with Gasteiger partial charge in [-0.15, -0.1) is 0 Å². The number of carbonyl (C=O) groups is 2. The van der Waals surface area contributed by atoms with Crippen molar-refractivity contribution >= 4 is 27.8 Å². The highest BCUT2D eigenvalue weighted by molar-refractivity contribution is 9.10. The van der Waals surface area contributed by atoms with Gasteiger partial charge in [0, 0.05) is 10.5 Å². The topological polar surface area (TPSA) is 46.6 Å². The average molecular weight is 342 g/mol. The van der Waals surface area contributed by atoms with Crippen molar-refractivity contribution < 1.29 is 14.3 Å². The predicted molar refractivity (Wildman–Crippen MR) is 81.3 cm³/mol. The lowest BCUT2D eigenvalue weighted by atomic mass is 10.1. The molecule has 0 aliphatic carbocycles. The Labute approximate surface area is 128 Å². The SMILES string of the molecule is CCOC(=O)CN(C(=O)Cc1cccc(Br)c1)C(C)C. The highest BCUT2D eigenvalue weighted by Crippen LogP contribution is 2.13. The summed E-state index contributed by atoms with van der Waals surface area (Å²) in [6.07, 6.45) is 0.275. The second kappa shape index (κ2) is 8.04. The van der Waals surface area contributed by atoms with Gasteiger partial charge in [0.2, 0.25) is 5.91 Å². The molecule has 1 rings (SSSR count). The molecule has 0 unspecified atom stereocenters. The minimum Gasteiger partial charge on any atom is -0.465 e. The zero-order valence-corrected chi connectivity index (χ0v) is 13.6. The molecule has 0 aliphatic heterocycles. The normalized spacial score (nSPS) is 10.4. The van der Waals surface area contributed by atoms with Gasteiger partial charge in [-0.1, -0.05) is 28.1 Å². The van der Waals surface area contributed by atoms with Crippen LogP contribution in [-0.4, -0.2) is 36.0 Å². The zero-order valence-electron chi connectivity index (χ0n) is 12.1. The van der Waals surface area contributed by atoms with Crippen LogP contribution >= 0.6 is 15.9 Å². The zero-order chi connectivity index (χ0) is 15.1. The van der Waals surface area contributed by atoms with E-state index >= 15 is 0 Å². The van der Waals surface area contributed by atoms with Gasteiger partial charge in [0.25, 0.3) is 0 Å². The fraction of sp³-hybridized carbons (Fsp3) is 0.467. The first-order chi connectivity index (χ1) is 9.43. The van der Waals surface area contributed by atoms with Crippen LogP contribution in [0.25, 0.3) is 0 Å². The number of ether oxygens (including phenoxy) is 1. The Morgan fingerprint density at radius 1 is 1.35 bits per heavy atom. The van der Waals surface area contributed by atoms with Crippen LogP contribution in [0.15, 0.2) is 28.7 Å². The van der Waals surface area contributed by atoms with Crippen molar-refractivity contribution in [3.8, 4) is 0 Å². The number of benzene rings is 1. The number of esters is 1. The first-order valence-electron chi connectivity index (χ1n) is 6.63. The Morgan fingerprint density at radius 2 is 2.05 bits per heavy atom. The summed E-state index contributed by atoms with van der Waals surface area (Å²) >= 11 is 3.38. The lowest BCUT2D eigenvalue weighted by Crippen LogP contribution is -2.42. The first-order valence-corrected chi connectivity index (χ1v) is 7.42. The van der Waals surface area contributed by atoms with E-state index in [0.29, 0.717) is 6.61 Å². The number of hydrogen-bond donors (Lipinski definition) is 0. The quantitative estimate of drug-likeness (QED) is 0.747. The summed E-state index contributed by atoms with van der Waals surface area (Å²) in [4.78, 5) is 25.4. The van der Waals surface area contributed by atoms with Crippen LogP contribution in [0.4, 0.5) is 0 Å². The maximum absolute atomic E-state index is 12.3. The van der Waals surface area contributed by atoms with E-state index in [1.54, 1.807) is 11.8 Å². The van der Waals surface area contributed by atoms with Crippen molar-refractivity contribution in [1.29, 1.82) is 0 Å². The molecule has 0 spiro atoms. The molecule has 1 aromatic rings. The third-order valence-corrected chi connectivity index (χ3v) is 3.29. The molecule has 0 heterocycles. The standard InChI is InChI=1S/C15H20BrNO3/c1-4-20-15(19)10-17(11(2)3)14(18)9-12-6-5-7-13(16)8-12/h5-8,11H,4,9-10H2,1-3H3. The van der Waals surface area contributed by atoms with Gasteiger partial charge in [0.1, 0.15) is 6.54 Å². The van der Waals surface area contributed by atoms with Crippen molar-refractivity contribution in [3.05, 3.63) is 34.3 Å². The Bertz CT molecular complexity index is 474. The van der Waals surface area contributed by atoms with Crippen LogP contribution < -0.4 is 0 Å². The van der Waals surface area contributed by atoms with Gasteiger partial charge >= 0.3 is 5.97 Å². The highest BCUT2D eigenvalue weighted by Gasteiger charge is 2.20. The average Bonchev–Trinajstić information content (AvgIpc) is 2.35. The summed E-state index contributed by atoms with van der Waals surface area (Å²) in [5, 5.41) is 0. The van der Waals surface area contributed by atoms with E-state index in [9.17, 15) is 9.59 Å². The van der Waals surface area contributed by atoms with Crippen molar-refractivity contribution in [2.75, 3.05) is 13.2 Å². The molecule has 0 N–H and O–H groups in total. The van der Waals surface area contributed by atoms with E-state index in [-0.39, 0.29) is 30.9 Å². The van der Waals surface area contributed by atoms with Crippen molar-refractivity contribution in [1.82, 2.24) is 4.90 Å². The molecule has 0 aromatic heterocycles. The van der Waals surface area contributed by atoms with E-state index in [1.807, 2.05) is 38.1 Å². The van der Waals surface area contributed by atoms with Gasteiger partial charge in [0.15, 0.2) is 0 Å². The van der Waals surface area contributed by atoms with Crippen LogP contribution in [0.1, 0.15) is 26.3 Å². The van der Waals surface area contributed by atoms with Crippen LogP contribution in [0.5, 0.6) is 0 Å². The maximum Gasteiger partial charge on any atom is 0.325 e. The van der Waals surface area contributed by atoms with E-state index in [1.165, 1.54) is 0 Å². The minimum atomic E-state index is -0.371. The number of carbonyl (C=O) groups excluding carboxylic acids is 2. The Balaban J connectivity index is 2.71. The molecule has 0 radical (unpaired) electrons. The minimum absolute atomic E-state index is 0.00164. The van der Waals surface area contributed by atoms with Gasteiger partial charge in [0.05, 0.1) is 13.0 Å². The molecule has 0 saturated heterocycles. The van der Waals surface area contributed by atoms with E-state index in [4.69, 9.17) is 4.74 Å². The highest BCUT2D eigenvalue weighted by atomic mass is 79.9. The largest absolute Gasteiger partial charge is 0.465 e. The molecule has 5 heteroatoms. The van der Waals surface area contributed by atoms with Crippen molar-refractivity contribution in [2.45, 2.75) is 33.2 Å². The molecule has 110 valence electrons. The third kappa shape index (κ3) is 5.33. The summed E-state index contributed by atoms with van der Waals surface area (Å²) in [6.45, 7) is 5.85. The predicted octanol–water partition coefficient (Wildman–Crippen LogP) is 2.79. The number of halogens is 1. The van der Waals surface area contributed by atoms with Gasteiger partial charge in [-0.05, 0) is 38.5 Å². The second-order valence-electron chi connectivity index (χ2n) is 4.73. The lowest BCUT2D eigenvalue weighted by Gasteiger charge is -2.25. The molecule has 0 bridgehead atoms. The molecular formula is C15H20BrNO3. The van der Waals surface area contributed by atoms with Gasteiger partial charge < -0.3 is 9.64 Å². The van der Waals surface area contributed by atoms with Gasteiger partial charge in [-0.25, -0.2) is 0 Å². The van der Waals surface area contributed by atoms with Gasteiger partial charge in [-0.2, -0.15) is 0 Å². The van der Waals surface area contributed by atoms with E-state index in [0.717, 1.165) is 10.0 Å². The van der Waals surface area contributed by atoms with Crippen LogP contribution in [-0.2, 0) is 20.7 Å². The Hall–Kier alpha value is -1.36. The van der Waals surface area contributed by atoms with Gasteiger partial charge in [-0.3, -0.25) is 9.59 Å². The summed E-state index contributed by atoms with van der Waals surface area (Å²) in [7, 11) is 0. The summed E-state index contributed by atoms with van der Waals surface area (Å²) in [5.74, 6) is -0.449. The smallest absolute Gasteiger partial charge is 0.325 e. The molecule has 1 amide bonds. The van der Waals surface area contributed by atoms with Crippen molar-refractivity contribution in [2.24, 2.45) is 0 Å². The first kappa shape index (κ1) is 16.7. The van der Waals surface area contributed by atoms with Crippen LogP contribution in [0.2, 0.25) is 0 Å². The maximum atomic E-state index is 12.3. The third-order valence-electron chi connectivity index (χ3n) is 2.79. The molecule has 0 saturated carbocycles. The Morgan fingerprint density at radius 3 is 2.60 bits per heavy atom. The molecule has 0 fully saturated rings. The Kier molecular flexibility index (Phi) is 6.71. The monoisotopic (exact) mass is 341 g/mol. The van der Waals surface area contributed by atoms with E-state index < -0.39 is 0 Å². The molecule has 20 heavy (non-hydrogen) atoms. The van der Waals surface area contributed by atoms with E-state index in [2.05, 4.69) is 15.9 Å². The fourth-order valence-electron chi connectivity index (χ4n) is 1.83. The lowest BCUT2D eigenvalue weighted by molar-refractivity contribution is -0.149. The molecular weight excluding hydrogens is 322 g/mol. The summed E-state index contributed by atoms with van der Waals surface area (Å²) in [6, 6.07) is 7.55. The molecule has 4 nitrogen and oxygen atoms in total. The number of hydrogen-bond acceptors (Lipinski definition) is 3. The van der Waals surface area contributed by atoms with Crippen LogP contribution in [0, 0.1) is 0 Å². The molecule has 0 aliphatic rings. The fourth-order valence-corrected chi connectivity index (χ4v) is 2.27. The second-order valence-corrected chi connectivity index (χ2v) is 5.64. The van der Waals surface area contributed by atoms with Crippen LogP contribution in [0.3, 0.4) is 0 Å². The molecule has 0 atom stereocenters. The van der Waals surface area contributed by atoms with Crippen molar-refractivity contribution in [3.63, 3.8) is 0 Å². The number of nitrogens with zero attached hydrogens (tertiary/aromatic N) is 1. The number of rotatable bonds is 6. The molecule has 1 aromatic carbocycles. The summed E-state index contributed by atoms with van der Waals surface area (Å²) in [5.41, 5.74) is 0.916.